The van der Waals surface area contributed by atoms with E-state index < -0.39 is 11.8 Å². The number of aryl methyl sites for hydroxylation is 2. The van der Waals surface area contributed by atoms with Gasteiger partial charge in [0.05, 0.1) is 29.3 Å². The minimum absolute atomic E-state index is 0.132. The summed E-state index contributed by atoms with van der Waals surface area (Å²) in [6.45, 7) is 6.39. The number of urea groups is 1. The molecule has 0 radical (unpaired) electrons. The Labute approximate surface area is 151 Å². The lowest BCUT2D eigenvalue weighted by Gasteiger charge is -2.09. The summed E-state index contributed by atoms with van der Waals surface area (Å²) in [5.41, 5.74) is 4.64. The van der Waals surface area contributed by atoms with Gasteiger partial charge in [-0.15, -0.1) is 0 Å². The van der Waals surface area contributed by atoms with Gasteiger partial charge in [-0.05, 0) is 38.5 Å². The molecule has 1 heterocycles. The van der Waals surface area contributed by atoms with Gasteiger partial charge in [0.15, 0.2) is 0 Å². The summed E-state index contributed by atoms with van der Waals surface area (Å²) < 4.78 is 15.5. The van der Waals surface area contributed by atoms with E-state index in [0.717, 1.165) is 11.3 Å². The van der Waals surface area contributed by atoms with Crippen molar-refractivity contribution in [3.8, 4) is 0 Å². The predicted molar refractivity (Wildman–Crippen MR) is 101 cm³/mol. The number of anilines is 2. The van der Waals surface area contributed by atoms with Gasteiger partial charge < -0.3 is 10.6 Å². The molecule has 2 N–H and O–H groups in total. The molecule has 0 atom stereocenters. The molecule has 0 bridgehead atoms. The van der Waals surface area contributed by atoms with E-state index >= 15 is 0 Å². The van der Waals surface area contributed by atoms with Gasteiger partial charge in [-0.3, -0.25) is 4.68 Å². The number of carbonyl (C=O) groups excluding carboxylic acids is 1. The molecule has 6 heteroatoms. The number of carbonyl (C=O) groups is 1. The second-order valence-corrected chi connectivity index (χ2v) is 6.25. The van der Waals surface area contributed by atoms with Gasteiger partial charge in [-0.1, -0.05) is 42.0 Å². The van der Waals surface area contributed by atoms with Crippen LogP contribution in [0.25, 0.3) is 0 Å². The zero-order valence-electron chi connectivity index (χ0n) is 15.0. The number of para-hydroxylation sites is 1. The lowest BCUT2D eigenvalue weighted by Crippen LogP contribution is -2.21. The zero-order valence-corrected chi connectivity index (χ0v) is 15.0. The van der Waals surface area contributed by atoms with Crippen LogP contribution < -0.4 is 10.6 Å². The Bertz CT molecular complexity index is 931. The normalized spacial score (nSPS) is 10.6. The topological polar surface area (TPSA) is 59.0 Å². The van der Waals surface area contributed by atoms with Gasteiger partial charge in [0, 0.05) is 0 Å². The molecule has 5 nitrogen and oxygen atoms in total. The average Bonchev–Trinajstić information content (AvgIpc) is 2.86. The Kier molecular flexibility index (Phi) is 5.02. The minimum Gasteiger partial charge on any atom is -0.305 e. The largest absolute Gasteiger partial charge is 0.323 e. The summed E-state index contributed by atoms with van der Waals surface area (Å²) in [7, 11) is 0. The number of hydrogen-bond donors (Lipinski definition) is 2. The highest BCUT2D eigenvalue weighted by molar-refractivity contribution is 6.00. The third-order valence-corrected chi connectivity index (χ3v) is 4.20. The second-order valence-electron chi connectivity index (χ2n) is 6.25. The number of halogens is 1. The number of benzene rings is 2. The van der Waals surface area contributed by atoms with Crippen LogP contribution in [0.2, 0.25) is 0 Å². The summed E-state index contributed by atoms with van der Waals surface area (Å²) in [5, 5.41) is 9.79. The fraction of sp³-hybridized carbons (Fsp3) is 0.200. The molecule has 0 fully saturated rings. The molecule has 0 saturated carbocycles. The summed E-state index contributed by atoms with van der Waals surface area (Å²) in [6, 6.07) is 13.8. The molecule has 0 saturated heterocycles. The Morgan fingerprint density at radius 3 is 2.42 bits per heavy atom. The fourth-order valence-electron chi connectivity index (χ4n) is 2.73. The quantitative estimate of drug-likeness (QED) is 0.719. The molecule has 0 aliphatic heterocycles. The first-order valence-electron chi connectivity index (χ1n) is 8.36. The molecule has 0 spiro atoms. The first-order chi connectivity index (χ1) is 12.4. The summed E-state index contributed by atoms with van der Waals surface area (Å²) >= 11 is 0. The van der Waals surface area contributed by atoms with Crippen LogP contribution in [0.15, 0.2) is 48.5 Å². The van der Waals surface area contributed by atoms with E-state index in [4.69, 9.17) is 0 Å². The molecule has 26 heavy (non-hydrogen) atoms. The van der Waals surface area contributed by atoms with E-state index in [2.05, 4.69) is 40.0 Å². The highest BCUT2D eigenvalue weighted by atomic mass is 19.1. The molecule has 2 amide bonds. The van der Waals surface area contributed by atoms with Crippen LogP contribution in [-0.2, 0) is 6.54 Å². The first kappa shape index (κ1) is 17.7. The van der Waals surface area contributed by atoms with Crippen LogP contribution in [0, 0.1) is 26.6 Å². The van der Waals surface area contributed by atoms with Crippen molar-refractivity contribution >= 4 is 17.4 Å². The van der Waals surface area contributed by atoms with E-state index in [1.165, 1.54) is 17.7 Å². The predicted octanol–water partition coefficient (Wildman–Crippen LogP) is 4.64. The number of rotatable bonds is 4. The molecule has 2 aromatic carbocycles. The monoisotopic (exact) mass is 352 g/mol. The standard InChI is InChI=1S/C20H21FN4O/c1-13-8-10-16(11-9-13)12-25-15(3)19(14(2)24-25)23-20(26)22-18-7-5-4-6-17(18)21/h4-11H,12H2,1-3H3,(H2,22,23,26). The van der Waals surface area contributed by atoms with Gasteiger partial charge in [0.1, 0.15) is 5.82 Å². The third-order valence-electron chi connectivity index (χ3n) is 4.20. The molecule has 0 aliphatic carbocycles. The first-order valence-corrected chi connectivity index (χ1v) is 8.36. The maximum Gasteiger partial charge on any atom is 0.323 e. The van der Waals surface area contributed by atoms with Gasteiger partial charge in [-0.25, -0.2) is 9.18 Å². The van der Waals surface area contributed by atoms with Crippen LogP contribution in [-0.4, -0.2) is 15.8 Å². The van der Waals surface area contributed by atoms with Crippen molar-refractivity contribution in [3.05, 3.63) is 76.9 Å². The molecule has 3 aromatic rings. The van der Waals surface area contributed by atoms with Crippen molar-refractivity contribution in [2.45, 2.75) is 27.3 Å². The van der Waals surface area contributed by atoms with E-state index in [-0.39, 0.29) is 5.69 Å². The number of nitrogens with zero attached hydrogens (tertiary/aromatic N) is 2. The van der Waals surface area contributed by atoms with Crippen LogP contribution in [0.5, 0.6) is 0 Å². The Balaban J connectivity index is 1.74. The van der Waals surface area contributed by atoms with Crippen LogP contribution >= 0.6 is 0 Å². The Hall–Kier alpha value is -3.15. The van der Waals surface area contributed by atoms with Crippen molar-refractivity contribution in [2.75, 3.05) is 10.6 Å². The van der Waals surface area contributed by atoms with Gasteiger partial charge in [0.2, 0.25) is 0 Å². The van der Waals surface area contributed by atoms with Crippen molar-refractivity contribution in [3.63, 3.8) is 0 Å². The van der Waals surface area contributed by atoms with Crippen LogP contribution in [0.3, 0.4) is 0 Å². The van der Waals surface area contributed by atoms with Crippen molar-refractivity contribution < 1.29 is 9.18 Å². The lowest BCUT2D eigenvalue weighted by atomic mass is 10.1. The zero-order chi connectivity index (χ0) is 18.7. The van der Waals surface area contributed by atoms with Gasteiger partial charge in [-0.2, -0.15) is 5.10 Å². The van der Waals surface area contributed by atoms with Gasteiger partial charge in [0.25, 0.3) is 0 Å². The van der Waals surface area contributed by atoms with E-state index in [1.807, 2.05) is 25.5 Å². The number of amides is 2. The highest BCUT2D eigenvalue weighted by Gasteiger charge is 2.15. The van der Waals surface area contributed by atoms with Crippen LogP contribution in [0.4, 0.5) is 20.6 Å². The molecule has 1 aromatic heterocycles. The fourth-order valence-corrected chi connectivity index (χ4v) is 2.73. The highest BCUT2D eigenvalue weighted by Crippen LogP contribution is 2.21. The molecular formula is C20H21FN4O. The van der Waals surface area contributed by atoms with E-state index in [1.54, 1.807) is 12.1 Å². The number of hydrogen-bond acceptors (Lipinski definition) is 2. The number of aromatic nitrogens is 2. The minimum atomic E-state index is -0.504. The Morgan fingerprint density at radius 2 is 1.73 bits per heavy atom. The van der Waals surface area contributed by atoms with E-state index in [0.29, 0.717) is 17.9 Å². The second kappa shape index (κ2) is 7.39. The maximum atomic E-state index is 13.7. The maximum absolute atomic E-state index is 13.7. The smallest absolute Gasteiger partial charge is 0.305 e. The lowest BCUT2D eigenvalue weighted by molar-refractivity contribution is 0.262. The van der Waals surface area contributed by atoms with Crippen molar-refractivity contribution in [1.29, 1.82) is 0 Å². The molecule has 0 aliphatic rings. The van der Waals surface area contributed by atoms with Crippen LogP contribution in [0.1, 0.15) is 22.5 Å². The SMILES string of the molecule is Cc1ccc(Cn2nc(C)c(NC(=O)Nc3ccccc3F)c2C)cc1. The summed E-state index contributed by atoms with van der Waals surface area (Å²) in [6.07, 6.45) is 0. The summed E-state index contributed by atoms with van der Waals surface area (Å²) in [5.74, 6) is -0.480. The molecule has 3 rings (SSSR count). The third kappa shape index (κ3) is 3.91. The van der Waals surface area contributed by atoms with Crippen molar-refractivity contribution in [1.82, 2.24) is 9.78 Å². The number of nitrogens with one attached hydrogen (secondary N) is 2. The molecule has 134 valence electrons. The van der Waals surface area contributed by atoms with Crippen molar-refractivity contribution in [2.24, 2.45) is 0 Å². The average molecular weight is 352 g/mol. The molecular weight excluding hydrogens is 331 g/mol. The van der Waals surface area contributed by atoms with Gasteiger partial charge >= 0.3 is 6.03 Å². The molecule has 0 unspecified atom stereocenters. The summed E-state index contributed by atoms with van der Waals surface area (Å²) in [4.78, 5) is 12.2. The van der Waals surface area contributed by atoms with E-state index in [9.17, 15) is 9.18 Å². The Morgan fingerprint density at radius 1 is 1.04 bits per heavy atom.